The average Bonchev–Trinajstić information content (AvgIpc) is 1.51. The largest absolute Gasteiger partial charge is 0.339 e. The van der Waals surface area contributed by atoms with E-state index in [0.29, 0.717) is 17.8 Å². The predicted octanol–water partition coefficient (Wildman–Crippen LogP) is 35.1. The Hall–Kier alpha value is -13.7. The molecular formula is C120H114N6. The Morgan fingerprint density at radius 2 is 0.373 bits per heavy atom. The number of nitrogens with zero attached hydrogens (tertiary/aromatic N) is 6. The van der Waals surface area contributed by atoms with Crippen molar-refractivity contribution in [3.05, 3.63) is 382 Å². The Morgan fingerprint density at radius 3 is 0.548 bits per heavy atom. The molecule has 0 bridgehead atoms. The molecule has 0 radical (unpaired) electrons. The van der Waals surface area contributed by atoms with Crippen LogP contribution in [0.15, 0.2) is 382 Å². The van der Waals surface area contributed by atoms with Gasteiger partial charge < -0.3 is 28.4 Å². The van der Waals surface area contributed by atoms with E-state index < -0.39 is 0 Å². The quantitative estimate of drug-likeness (QED) is 0.0410. The van der Waals surface area contributed by atoms with Crippen molar-refractivity contribution in [2.24, 2.45) is 17.8 Å². The number of benzene rings is 16. The summed E-state index contributed by atoms with van der Waals surface area (Å²) in [4.78, 5) is 7.55. The Morgan fingerprint density at radius 1 is 0.198 bits per heavy atom. The van der Waals surface area contributed by atoms with Gasteiger partial charge in [-0.1, -0.05) is 372 Å². The molecule has 19 rings (SSSR count). The number of rotatable bonds is 33. The highest BCUT2D eigenvalue weighted by Gasteiger charge is 2.32. The van der Waals surface area contributed by atoms with Gasteiger partial charge in [0, 0.05) is 103 Å². The second kappa shape index (κ2) is 37.4. The van der Waals surface area contributed by atoms with Gasteiger partial charge in [0.15, 0.2) is 0 Å². The van der Waals surface area contributed by atoms with Crippen molar-refractivity contribution in [2.45, 2.75) is 138 Å². The van der Waals surface area contributed by atoms with Gasteiger partial charge in [0.25, 0.3) is 0 Å². The van der Waals surface area contributed by atoms with Gasteiger partial charge in [0.1, 0.15) is 0 Å². The van der Waals surface area contributed by atoms with Gasteiger partial charge in [-0.25, -0.2) is 0 Å². The van der Waals surface area contributed by atoms with Crippen LogP contribution in [0.1, 0.15) is 119 Å². The average molecular weight is 1640 g/mol. The molecule has 0 saturated carbocycles. The summed E-state index contributed by atoms with van der Waals surface area (Å²) in [6, 6.07) is 144. The Labute approximate surface area is 745 Å². The van der Waals surface area contributed by atoms with Crippen molar-refractivity contribution in [3.63, 3.8) is 0 Å². The van der Waals surface area contributed by atoms with E-state index in [4.69, 9.17) is 0 Å². The third-order valence-corrected chi connectivity index (χ3v) is 27.0. The number of unbranched alkanes of at least 4 members (excludes halogenated alkanes) is 3. The third-order valence-electron chi connectivity index (χ3n) is 27.0. The molecule has 16 aromatic carbocycles. The summed E-state index contributed by atoms with van der Waals surface area (Å²) in [5.41, 5.74) is 32.1. The smallest absolute Gasteiger partial charge is 0.0614 e. The Bertz CT molecular complexity index is 5930. The van der Waals surface area contributed by atoms with Crippen LogP contribution in [-0.2, 0) is 19.6 Å². The van der Waals surface area contributed by atoms with Gasteiger partial charge in [0.05, 0.1) is 33.1 Å². The summed E-state index contributed by atoms with van der Waals surface area (Å²) in [6.45, 7) is 17.1. The van der Waals surface area contributed by atoms with Crippen LogP contribution < -0.4 is 14.7 Å². The molecule has 126 heavy (non-hydrogen) atoms. The van der Waals surface area contributed by atoms with Gasteiger partial charge in [-0.3, -0.25) is 0 Å². The molecule has 0 spiro atoms. The number of hydrogen-bond acceptors (Lipinski definition) is 3. The molecule has 0 aliphatic rings. The number of aromatic nitrogens is 3. The van der Waals surface area contributed by atoms with Crippen LogP contribution in [0.2, 0.25) is 0 Å². The molecule has 3 atom stereocenters. The normalized spacial score (nSPS) is 12.4. The molecule has 624 valence electrons. The van der Waals surface area contributed by atoms with Gasteiger partial charge >= 0.3 is 0 Å². The zero-order chi connectivity index (χ0) is 85.4. The van der Waals surface area contributed by atoms with Crippen LogP contribution in [0.4, 0.5) is 51.2 Å². The van der Waals surface area contributed by atoms with Gasteiger partial charge in [-0.2, -0.15) is 0 Å². The molecule has 3 heterocycles. The summed E-state index contributed by atoms with van der Waals surface area (Å²) in [5, 5.41) is 7.86. The molecule has 0 aliphatic carbocycles. The minimum atomic E-state index is 0.403. The molecule has 0 aliphatic heterocycles. The minimum absolute atomic E-state index is 0.403. The van der Waals surface area contributed by atoms with Gasteiger partial charge in [-0.05, 0) is 213 Å². The highest BCUT2D eigenvalue weighted by atomic mass is 15.2. The summed E-state index contributed by atoms with van der Waals surface area (Å²) < 4.78 is 8.66. The lowest BCUT2D eigenvalue weighted by molar-refractivity contribution is 0.400. The molecule has 3 aromatic heterocycles. The van der Waals surface area contributed by atoms with Crippen molar-refractivity contribution in [2.75, 3.05) is 14.7 Å². The molecule has 0 saturated heterocycles. The van der Waals surface area contributed by atoms with Crippen molar-refractivity contribution in [3.8, 4) is 66.8 Å². The van der Waals surface area contributed by atoms with E-state index in [1.54, 1.807) is 0 Å². The number of anilines is 9. The van der Waals surface area contributed by atoms with Crippen LogP contribution in [0.25, 0.3) is 132 Å². The Balaban J connectivity index is 0.939. The second-order valence-electron chi connectivity index (χ2n) is 34.8. The maximum atomic E-state index is 2.89. The minimum Gasteiger partial charge on any atom is -0.339 e. The first-order chi connectivity index (χ1) is 62.2. The molecule has 6 nitrogen and oxygen atoms in total. The predicted molar refractivity (Wildman–Crippen MR) is 542 cm³/mol. The second-order valence-corrected chi connectivity index (χ2v) is 34.8. The molecule has 0 N–H and O–H groups in total. The highest BCUT2D eigenvalue weighted by Crippen LogP contribution is 2.53. The van der Waals surface area contributed by atoms with Crippen LogP contribution >= 0.6 is 0 Å². The summed E-state index contributed by atoms with van der Waals surface area (Å²) in [5.74, 6) is 1.21. The van der Waals surface area contributed by atoms with Crippen LogP contribution in [0, 0.1) is 17.8 Å². The molecule has 0 fully saturated rings. The van der Waals surface area contributed by atoms with E-state index in [9.17, 15) is 0 Å². The maximum absolute atomic E-state index is 2.89. The molecule has 19 aromatic rings. The van der Waals surface area contributed by atoms with E-state index in [1.165, 1.54) is 151 Å². The fraction of sp³-hybridized carbons (Fsp3) is 0.200. The van der Waals surface area contributed by atoms with E-state index in [0.717, 1.165) is 129 Å². The van der Waals surface area contributed by atoms with Crippen LogP contribution in [0.3, 0.4) is 0 Å². The van der Waals surface area contributed by atoms with Crippen molar-refractivity contribution in [1.82, 2.24) is 13.7 Å². The molecule has 6 heteroatoms. The zero-order valence-electron chi connectivity index (χ0n) is 73.9. The zero-order valence-corrected chi connectivity index (χ0v) is 73.9. The number of fused-ring (bicyclic) bond motifs is 12. The van der Waals surface area contributed by atoms with Gasteiger partial charge in [0.2, 0.25) is 0 Å². The van der Waals surface area contributed by atoms with Crippen molar-refractivity contribution in [1.29, 1.82) is 0 Å². The van der Waals surface area contributed by atoms with E-state index in [2.05, 4.69) is 452 Å². The van der Waals surface area contributed by atoms with Gasteiger partial charge in [-0.15, -0.1) is 0 Å². The monoisotopic (exact) mass is 1640 g/mol. The topological polar surface area (TPSA) is 24.5 Å². The summed E-state index contributed by atoms with van der Waals surface area (Å²) in [6.07, 6.45) is 13.6. The van der Waals surface area contributed by atoms with Crippen LogP contribution in [-0.4, -0.2) is 13.7 Å². The lowest BCUT2D eigenvalue weighted by atomic mass is 9.98. The standard InChI is InChI=1S/C120H114N6/c1-7-13-34-85(10-4)82-121-112-79-106(124(100-61-49-94(50-62-100)88-37-22-16-23-38-88)101-63-51-95(52-64-101)89-39-24-17-25-40-89)73-76-109(112)115-118(121)116-110-77-74-107(125(102-65-53-96(54-66-102)90-41-26-18-27-42-90)103-67-55-97(56-68-103)91-43-28-19-29-44-91)80-113(110)122(83-86(11-5)35-14-8-2)120(116)117-111-78-75-108(81-114(111)123(119(115)117)84-87(12-6)36-15-9-3)126(104-69-57-98(58-70-104)92-45-30-20-31-46-92)105-71-59-99(60-72-105)93-47-32-21-33-48-93/h16-33,37-81,85-87H,7-15,34-36,82-84H2,1-6H3. The molecule has 0 amide bonds. The van der Waals surface area contributed by atoms with E-state index in [-0.39, 0.29) is 0 Å². The fourth-order valence-corrected chi connectivity index (χ4v) is 20.0. The maximum Gasteiger partial charge on any atom is 0.0614 e. The molecular weight excluding hydrogens is 1530 g/mol. The summed E-state index contributed by atoms with van der Waals surface area (Å²) in [7, 11) is 0. The molecule has 3 unspecified atom stereocenters. The lowest BCUT2D eigenvalue weighted by Crippen LogP contribution is -2.13. The highest BCUT2D eigenvalue weighted by molar-refractivity contribution is 6.40. The van der Waals surface area contributed by atoms with Crippen molar-refractivity contribution < 1.29 is 0 Å². The summed E-state index contributed by atoms with van der Waals surface area (Å²) >= 11 is 0. The lowest BCUT2D eigenvalue weighted by Gasteiger charge is -2.26. The number of hydrogen-bond donors (Lipinski definition) is 0. The first-order valence-electron chi connectivity index (χ1n) is 46.6. The fourth-order valence-electron chi connectivity index (χ4n) is 20.0. The Kier molecular flexibility index (Phi) is 24.3. The first kappa shape index (κ1) is 82.0. The SMILES string of the molecule is CCCCC(CC)Cn1c2cc(N(c3ccc(-c4ccccc4)cc3)c3ccc(-c4ccccc4)cc3)ccc2c2c1c1c3ccc(N(c4ccc(-c5ccccc5)cc4)c4ccc(-c5ccccc5)cc4)cc3n(CC(CC)CCCC)c1c1c3ccc(N(c4ccc(-c5ccccc5)cc4)c4ccc(-c5ccccc5)cc4)cc3n(CC(CC)CCCC)c21. The van der Waals surface area contributed by atoms with E-state index >= 15 is 0 Å². The third kappa shape index (κ3) is 16.4. The first-order valence-corrected chi connectivity index (χ1v) is 46.6. The van der Waals surface area contributed by atoms with E-state index in [1.807, 2.05) is 0 Å². The van der Waals surface area contributed by atoms with Crippen LogP contribution in [0.5, 0.6) is 0 Å². The van der Waals surface area contributed by atoms with Crippen molar-refractivity contribution >= 4 is 117 Å².